The summed E-state index contributed by atoms with van der Waals surface area (Å²) in [6.45, 7) is 9.10. The molecule has 3 aliphatic rings. The first kappa shape index (κ1) is 16.0. The van der Waals surface area contributed by atoms with Crippen LogP contribution in [0, 0.1) is 6.92 Å². The second kappa shape index (κ2) is 6.20. The van der Waals surface area contributed by atoms with Crippen LogP contribution in [-0.4, -0.2) is 43.8 Å². The lowest BCUT2D eigenvalue weighted by molar-refractivity contribution is 0.166. The lowest BCUT2D eigenvalue weighted by Crippen LogP contribution is -2.38. The number of nitrogens with zero attached hydrogens (tertiary/aromatic N) is 6. The van der Waals surface area contributed by atoms with E-state index in [1.54, 1.807) is 6.20 Å². The molecule has 2 saturated heterocycles. The van der Waals surface area contributed by atoms with Crippen LogP contribution in [0.4, 0.5) is 5.95 Å². The molecule has 26 heavy (non-hydrogen) atoms. The first-order valence-corrected chi connectivity index (χ1v) is 9.76. The van der Waals surface area contributed by atoms with Gasteiger partial charge in [-0.3, -0.25) is 4.90 Å². The first-order chi connectivity index (χ1) is 12.7. The number of anilines is 1. The van der Waals surface area contributed by atoms with E-state index in [0.717, 1.165) is 32.0 Å². The highest BCUT2D eigenvalue weighted by Gasteiger charge is 2.41. The third kappa shape index (κ3) is 2.47. The fourth-order valence-electron chi connectivity index (χ4n) is 4.87. The summed E-state index contributed by atoms with van der Waals surface area (Å²) >= 11 is 0. The average molecular weight is 350 g/mol. The van der Waals surface area contributed by atoms with Crippen LogP contribution in [0.3, 0.4) is 0 Å². The van der Waals surface area contributed by atoms with Gasteiger partial charge in [-0.15, -0.1) is 0 Å². The highest BCUT2D eigenvalue weighted by Crippen LogP contribution is 2.44. The van der Waals surface area contributed by atoms with E-state index in [1.807, 2.05) is 10.9 Å². The number of aromatic nitrogens is 4. The summed E-state index contributed by atoms with van der Waals surface area (Å²) in [6, 6.07) is 1.03. The molecular weight excluding hydrogens is 324 g/mol. The van der Waals surface area contributed by atoms with E-state index in [-0.39, 0.29) is 0 Å². The standard InChI is InChI=1S/C20H26N6/c1-3-26-14(2)15(11-22-26)13-25-16-6-7-19(25)17-12-21-20(23-18(17)10-16)24-8-4-5-9-24/h3,11-12,16,19H,1,4-10,13H2,2H3/t16-,19+/m0/s1. The molecule has 6 heteroatoms. The Morgan fingerprint density at radius 1 is 1.23 bits per heavy atom. The van der Waals surface area contributed by atoms with Gasteiger partial charge in [0.15, 0.2) is 0 Å². The van der Waals surface area contributed by atoms with Crippen molar-refractivity contribution >= 4 is 12.1 Å². The Morgan fingerprint density at radius 3 is 2.85 bits per heavy atom. The van der Waals surface area contributed by atoms with Gasteiger partial charge in [-0.25, -0.2) is 14.6 Å². The smallest absolute Gasteiger partial charge is 0.225 e. The molecule has 2 atom stereocenters. The SMILES string of the molecule is C=Cn1ncc(CN2[C@H]3CC[C@@H]2c2cnc(N4CCCC4)nc2C3)c1C. The minimum atomic E-state index is 0.447. The van der Waals surface area contributed by atoms with Crippen molar-refractivity contribution in [1.29, 1.82) is 0 Å². The number of fused-ring (bicyclic) bond motifs is 4. The van der Waals surface area contributed by atoms with Crippen LogP contribution >= 0.6 is 0 Å². The molecule has 0 saturated carbocycles. The summed E-state index contributed by atoms with van der Waals surface area (Å²) in [5, 5.41) is 4.41. The summed E-state index contributed by atoms with van der Waals surface area (Å²) in [4.78, 5) is 14.7. The largest absolute Gasteiger partial charge is 0.341 e. The Hall–Kier alpha value is -2.21. The Morgan fingerprint density at radius 2 is 2.08 bits per heavy atom. The zero-order valence-corrected chi connectivity index (χ0v) is 15.4. The van der Waals surface area contributed by atoms with Crippen molar-refractivity contribution in [3.8, 4) is 0 Å². The van der Waals surface area contributed by atoms with Crippen molar-refractivity contribution in [3.05, 3.63) is 41.5 Å². The van der Waals surface area contributed by atoms with Crippen molar-refractivity contribution in [3.63, 3.8) is 0 Å². The minimum Gasteiger partial charge on any atom is -0.341 e. The van der Waals surface area contributed by atoms with Crippen LogP contribution in [0.1, 0.15) is 54.2 Å². The van der Waals surface area contributed by atoms with E-state index >= 15 is 0 Å². The first-order valence-electron chi connectivity index (χ1n) is 9.76. The van der Waals surface area contributed by atoms with E-state index in [9.17, 15) is 0 Å². The molecule has 0 N–H and O–H groups in total. The van der Waals surface area contributed by atoms with Crippen LogP contribution in [0.25, 0.3) is 6.20 Å². The van der Waals surface area contributed by atoms with Crippen molar-refractivity contribution < 1.29 is 0 Å². The van der Waals surface area contributed by atoms with Crippen LogP contribution in [0.5, 0.6) is 0 Å². The van der Waals surface area contributed by atoms with E-state index in [4.69, 9.17) is 9.97 Å². The average Bonchev–Trinajstić information content (AvgIpc) is 3.36. The number of rotatable bonds is 4. The molecule has 2 bridgehead atoms. The maximum Gasteiger partial charge on any atom is 0.225 e. The fourth-order valence-corrected chi connectivity index (χ4v) is 4.87. The molecule has 2 fully saturated rings. The summed E-state index contributed by atoms with van der Waals surface area (Å²) in [5.74, 6) is 0.942. The fraction of sp³-hybridized carbons (Fsp3) is 0.550. The number of hydrogen-bond donors (Lipinski definition) is 0. The molecule has 0 radical (unpaired) electrons. The minimum absolute atomic E-state index is 0.447. The van der Waals surface area contributed by atoms with Gasteiger partial charge in [0.1, 0.15) is 0 Å². The van der Waals surface area contributed by atoms with Crippen LogP contribution in [0.15, 0.2) is 19.0 Å². The highest BCUT2D eigenvalue weighted by atomic mass is 15.3. The van der Waals surface area contributed by atoms with Gasteiger partial charge < -0.3 is 4.90 Å². The Balaban J connectivity index is 1.42. The zero-order chi connectivity index (χ0) is 17.7. The maximum atomic E-state index is 4.97. The lowest BCUT2D eigenvalue weighted by Gasteiger charge is -2.35. The topological polar surface area (TPSA) is 50.1 Å². The van der Waals surface area contributed by atoms with Crippen molar-refractivity contribution in [2.45, 2.75) is 57.7 Å². The summed E-state index contributed by atoms with van der Waals surface area (Å²) in [7, 11) is 0. The van der Waals surface area contributed by atoms with Crippen LogP contribution in [0.2, 0.25) is 0 Å². The van der Waals surface area contributed by atoms with E-state index in [1.165, 1.54) is 48.2 Å². The summed E-state index contributed by atoms with van der Waals surface area (Å²) in [5.41, 5.74) is 5.10. The molecule has 136 valence electrons. The molecular formula is C20H26N6. The monoisotopic (exact) mass is 350 g/mol. The van der Waals surface area contributed by atoms with Gasteiger partial charge in [-0.1, -0.05) is 6.58 Å². The van der Waals surface area contributed by atoms with Gasteiger partial charge in [0.2, 0.25) is 5.95 Å². The Kier molecular flexibility index (Phi) is 3.81. The maximum absolute atomic E-state index is 4.97. The van der Waals surface area contributed by atoms with E-state index in [0.29, 0.717) is 12.1 Å². The second-order valence-corrected chi connectivity index (χ2v) is 7.77. The van der Waals surface area contributed by atoms with Crippen LogP contribution in [-0.2, 0) is 13.0 Å². The molecule has 6 nitrogen and oxygen atoms in total. The molecule has 0 aromatic carbocycles. The number of hydrogen-bond acceptors (Lipinski definition) is 5. The van der Waals surface area contributed by atoms with Crippen molar-refractivity contribution in [2.75, 3.05) is 18.0 Å². The molecule has 2 aromatic rings. The van der Waals surface area contributed by atoms with Crippen LogP contribution < -0.4 is 4.90 Å². The third-order valence-corrected chi connectivity index (χ3v) is 6.38. The summed E-state index contributed by atoms with van der Waals surface area (Å²) < 4.78 is 1.86. The third-order valence-electron chi connectivity index (χ3n) is 6.38. The normalized spacial score (nSPS) is 24.9. The highest BCUT2D eigenvalue weighted by molar-refractivity contribution is 5.38. The van der Waals surface area contributed by atoms with Gasteiger partial charge in [0.05, 0.1) is 11.9 Å². The molecule has 5 heterocycles. The molecule has 0 amide bonds. The molecule has 0 spiro atoms. The quantitative estimate of drug-likeness (QED) is 0.848. The van der Waals surface area contributed by atoms with E-state index < -0.39 is 0 Å². The predicted molar refractivity (Wildman–Crippen MR) is 102 cm³/mol. The molecule has 0 unspecified atom stereocenters. The van der Waals surface area contributed by atoms with Gasteiger partial charge >= 0.3 is 0 Å². The van der Waals surface area contributed by atoms with Gasteiger partial charge in [-0.05, 0) is 32.6 Å². The Labute approximate surface area is 154 Å². The summed E-state index contributed by atoms with van der Waals surface area (Å²) in [6.07, 6.45) is 11.9. The van der Waals surface area contributed by atoms with Gasteiger partial charge in [0, 0.05) is 67.4 Å². The second-order valence-electron chi connectivity index (χ2n) is 7.77. The Bertz CT molecular complexity index is 835. The zero-order valence-electron chi connectivity index (χ0n) is 15.4. The van der Waals surface area contributed by atoms with Crippen molar-refractivity contribution in [2.24, 2.45) is 0 Å². The van der Waals surface area contributed by atoms with E-state index in [2.05, 4.69) is 34.6 Å². The molecule has 5 rings (SSSR count). The molecule has 3 aliphatic heterocycles. The molecule has 0 aliphatic carbocycles. The van der Waals surface area contributed by atoms with Gasteiger partial charge in [0.25, 0.3) is 0 Å². The lowest BCUT2D eigenvalue weighted by atomic mass is 9.98. The van der Waals surface area contributed by atoms with Gasteiger partial charge in [-0.2, -0.15) is 5.10 Å². The predicted octanol–water partition coefficient (Wildman–Crippen LogP) is 2.94. The molecule has 2 aromatic heterocycles. The van der Waals surface area contributed by atoms with Crippen molar-refractivity contribution in [1.82, 2.24) is 24.6 Å².